The van der Waals surface area contributed by atoms with Crippen LogP contribution in [0.4, 0.5) is 20.3 Å². The van der Waals surface area contributed by atoms with E-state index < -0.39 is 35.2 Å². The number of amides is 1. The van der Waals surface area contributed by atoms with Crippen molar-refractivity contribution in [2.24, 2.45) is 11.8 Å². The number of hydrogen-bond acceptors (Lipinski definition) is 5. The van der Waals surface area contributed by atoms with Crippen molar-refractivity contribution in [1.82, 2.24) is 9.88 Å². The summed E-state index contributed by atoms with van der Waals surface area (Å²) >= 11 is 0. The predicted octanol–water partition coefficient (Wildman–Crippen LogP) is 1.87. The Balaban J connectivity index is 1.59. The Bertz CT molecular complexity index is 1040. The van der Waals surface area contributed by atoms with Crippen LogP contribution in [-0.2, 0) is 15.0 Å². The first-order chi connectivity index (χ1) is 14.4. The van der Waals surface area contributed by atoms with E-state index in [-0.39, 0.29) is 29.2 Å². The monoisotopic (exact) mass is 456 g/mol. The molecule has 0 bridgehead atoms. The number of nitrogens with zero attached hydrogens (tertiary/aromatic N) is 4. The van der Waals surface area contributed by atoms with Crippen molar-refractivity contribution in [2.45, 2.75) is 38.7 Å². The summed E-state index contributed by atoms with van der Waals surface area (Å²) in [6.45, 7) is 2.92. The normalized spacial score (nSPS) is 25.5. The van der Waals surface area contributed by atoms with Gasteiger partial charge in [-0.05, 0) is 42.9 Å². The molecule has 3 atom stereocenters. The molecule has 11 heteroatoms. The molecule has 0 radical (unpaired) electrons. The van der Waals surface area contributed by atoms with Crippen LogP contribution in [0.15, 0.2) is 18.2 Å². The number of hydrogen-bond donors (Lipinski definition) is 1. The molecule has 1 aliphatic carbocycles. The minimum atomic E-state index is -4.11. The predicted molar refractivity (Wildman–Crippen MR) is 112 cm³/mol. The van der Waals surface area contributed by atoms with Gasteiger partial charge < -0.3 is 10.0 Å². The quantitative estimate of drug-likeness (QED) is 0.730. The molecule has 0 saturated carbocycles. The highest BCUT2D eigenvalue weighted by atomic mass is 32.2. The van der Waals surface area contributed by atoms with Crippen molar-refractivity contribution >= 4 is 33.2 Å². The van der Waals surface area contributed by atoms with Crippen LogP contribution in [0.3, 0.4) is 0 Å². The van der Waals surface area contributed by atoms with Crippen LogP contribution in [0.25, 0.3) is 5.57 Å². The van der Waals surface area contributed by atoms with Crippen molar-refractivity contribution in [3.05, 3.63) is 23.9 Å². The molecule has 3 aliphatic rings. The molecule has 4 rings (SSSR count). The fourth-order valence-electron chi connectivity index (χ4n) is 4.46. The van der Waals surface area contributed by atoms with Crippen molar-refractivity contribution in [3.8, 4) is 0 Å². The molecular formula is C20H26F2N4O4S. The topological polar surface area (TPSA) is 94.1 Å². The molecule has 0 aromatic carbocycles. The lowest BCUT2D eigenvalue weighted by molar-refractivity contribution is -0.138. The summed E-state index contributed by atoms with van der Waals surface area (Å²) in [4.78, 5) is 18.2. The summed E-state index contributed by atoms with van der Waals surface area (Å²) in [5, 5.41) is 9.52. The van der Waals surface area contributed by atoms with Crippen molar-refractivity contribution in [2.75, 3.05) is 35.3 Å². The first-order valence-electron chi connectivity index (χ1n) is 10.3. The zero-order valence-electron chi connectivity index (χ0n) is 17.6. The van der Waals surface area contributed by atoms with E-state index >= 15 is 0 Å². The van der Waals surface area contributed by atoms with Crippen molar-refractivity contribution in [1.29, 1.82) is 0 Å². The van der Waals surface area contributed by atoms with E-state index in [0.717, 1.165) is 14.2 Å². The highest BCUT2D eigenvalue weighted by molar-refractivity contribution is 7.94. The van der Waals surface area contributed by atoms with Crippen LogP contribution in [0, 0.1) is 11.8 Å². The van der Waals surface area contributed by atoms with E-state index in [0.29, 0.717) is 25.2 Å². The Kier molecular flexibility index (Phi) is 5.24. The van der Waals surface area contributed by atoms with Gasteiger partial charge in [-0.15, -0.1) is 0 Å². The molecule has 1 saturated heterocycles. The van der Waals surface area contributed by atoms with Gasteiger partial charge in [-0.25, -0.2) is 22.4 Å². The third-order valence-corrected chi connectivity index (χ3v) is 8.07. The number of halogens is 2. The number of carbonyl (C=O) groups excluding carboxylic acids is 1. The van der Waals surface area contributed by atoms with Crippen LogP contribution in [0.2, 0.25) is 0 Å². The fraction of sp³-hybridized carbons (Fsp3) is 0.600. The van der Waals surface area contributed by atoms with Gasteiger partial charge in [0.1, 0.15) is 6.10 Å². The average Bonchev–Trinajstić information content (AvgIpc) is 3.33. The third-order valence-electron chi connectivity index (χ3n) is 6.33. The van der Waals surface area contributed by atoms with Crippen LogP contribution in [-0.4, -0.2) is 68.0 Å². The Morgan fingerprint density at radius 3 is 2.68 bits per heavy atom. The lowest BCUT2D eigenvalue weighted by Crippen LogP contribution is -2.42. The van der Waals surface area contributed by atoms with Crippen molar-refractivity contribution in [3.63, 3.8) is 0 Å². The van der Waals surface area contributed by atoms with Crippen molar-refractivity contribution < 1.29 is 27.1 Å². The molecule has 3 unspecified atom stereocenters. The molecule has 1 fully saturated rings. The Labute approximate surface area is 180 Å². The molecule has 170 valence electrons. The van der Waals surface area contributed by atoms with Gasteiger partial charge in [0, 0.05) is 26.6 Å². The van der Waals surface area contributed by atoms with Gasteiger partial charge in [-0.3, -0.25) is 4.79 Å². The maximum atomic E-state index is 14.0. The molecule has 1 aromatic heterocycles. The number of alkyl halides is 2. The first kappa shape index (κ1) is 21.9. The van der Waals surface area contributed by atoms with Gasteiger partial charge in [-0.2, -0.15) is 8.42 Å². The summed E-state index contributed by atoms with van der Waals surface area (Å²) in [6, 6.07) is 3.19. The maximum Gasteiger partial charge on any atom is 0.327 e. The van der Waals surface area contributed by atoms with Gasteiger partial charge >= 0.3 is 10.2 Å². The number of carbonyl (C=O) groups is 1. The van der Waals surface area contributed by atoms with E-state index in [1.54, 1.807) is 11.0 Å². The Morgan fingerprint density at radius 2 is 2.06 bits per heavy atom. The van der Waals surface area contributed by atoms with Gasteiger partial charge in [-0.1, -0.05) is 13.0 Å². The summed E-state index contributed by atoms with van der Waals surface area (Å²) < 4.78 is 55.0. The van der Waals surface area contributed by atoms with E-state index in [4.69, 9.17) is 0 Å². The smallest absolute Gasteiger partial charge is 0.327 e. The molecule has 2 aliphatic heterocycles. The molecule has 1 N–H and O–H groups in total. The highest BCUT2D eigenvalue weighted by Gasteiger charge is 2.45. The second-order valence-electron chi connectivity index (χ2n) is 8.47. The minimum Gasteiger partial charge on any atom is -0.384 e. The van der Waals surface area contributed by atoms with E-state index in [1.807, 2.05) is 6.08 Å². The highest BCUT2D eigenvalue weighted by Crippen LogP contribution is 2.44. The lowest BCUT2D eigenvalue weighted by Gasteiger charge is -2.23. The number of aromatic nitrogens is 1. The second kappa shape index (κ2) is 7.40. The number of anilines is 2. The number of rotatable bonds is 5. The number of aliphatic hydroxyl groups is 1. The zero-order valence-corrected chi connectivity index (χ0v) is 18.4. The first-order valence-corrected chi connectivity index (χ1v) is 11.7. The maximum absolute atomic E-state index is 14.0. The SMILES string of the molecule is CCC(F)(F)CN1c2ccc(C3=CC4CN(C(=O)C(C)O)CC4C3)nc2N(C)S1(=O)=O. The molecule has 3 heterocycles. The fourth-order valence-corrected chi connectivity index (χ4v) is 5.85. The van der Waals surface area contributed by atoms with Gasteiger partial charge in [0.25, 0.3) is 11.8 Å². The van der Waals surface area contributed by atoms with Gasteiger partial charge in [0.05, 0.1) is 17.9 Å². The largest absolute Gasteiger partial charge is 0.384 e. The number of allylic oxidation sites excluding steroid dienone is 1. The minimum absolute atomic E-state index is 0.133. The third kappa shape index (κ3) is 3.67. The Morgan fingerprint density at radius 1 is 1.35 bits per heavy atom. The average molecular weight is 457 g/mol. The summed E-state index contributed by atoms with van der Waals surface area (Å²) in [7, 11) is -2.80. The lowest BCUT2D eigenvalue weighted by atomic mass is 9.99. The standard InChI is InChI=1S/C20H26F2N4O4S/c1-4-20(21,22)11-26-17-6-5-16(23-18(17)24(3)31(26,29)30)13-7-14-9-25(10-15(14)8-13)19(28)12(2)27/h5-7,12,14-15,27H,4,8-11H2,1-3H3. The molecule has 31 heavy (non-hydrogen) atoms. The molecule has 0 spiro atoms. The van der Waals surface area contributed by atoms with Crippen LogP contribution in [0.5, 0.6) is 0 Å². The second-order valence-corrected chi connectivity index (χ2v) is 10.4. The van der Waals surface area contributed by atoms with E-state index in [9.17, 15) is 27.1 Å². The van der Waals surface area contributed by atoms with Gasteiger partial charge in [0.15, 0.2) is 5.82 Å². The molecule has 1 aromatic rings. The molecule has 1 amide bonds. The van der Waals surface area contributed by atoms with Crippen LogP contribution in [0.1, 0.15) is 32.4 Å². The number of fused-ring (bicyclic) bond motifs is 2. The zero-order chi connectivity index (χ0) is 22.7. The van der Waals surface area contributed by atoms with Gasteiger partial charge in [0.2, 0.25) is 0 Å². The van der Waals surface area contributed by atoms with E-state index in [2.05, 4.69) is 4.98 Å². The molecule has 8 nitrogen and oxygen atoms in total. The van der Waals surface area contributed by atoms with E-state index in [1.165, 1.54) is 27.0 Å². The summed E-state index contributed by atoms with van der Waals surface area (Å²) in [5.41, 5.74) is 1.70. The molecular weight excluding hydrogens is 430 g/mol. The number of likely N-dealkylation sites (tertiary alicyclic amines) is 1. The van der Waals surface area contributed by atoms with Crippen LogP contribution < -0.4 is 8.61 Å². The number of pyridine rings is 1. The number of aliphatic hydroxyl groups excluding tert-OH is 1. The Hall–Kier alpha value is -2.27. The summed E-state index contributed by atoms with van der Waals surface area (Å²) in [6.07, 6.45) is 1.23. The summed E-state index contributed by atoms with van der Waals surface area (Å²) in [5.74, 6) is -2.93. The van der Waals surface area contributed by atoms with Crippen LogP contribution >= 0.6 is 0 Å².